The summed E-state index contributed by atoms with van der Waals surface area (Å²) >= 11 is 0. The molecule has 0 saturated carbocycles. The van der Waals surface area contributed by atoms with Crippen LogP contribution >= 0.6 is 0 Å². The Labute approximate surface area is 180 Å². The predicted octanol–water partition coefficient (Wildman–Crippen LogP) is 3.96. The molecule has 2 amide bonds. The number of hydrogen-bond donors (Lipinski definition) is 1. The van der Waals surface area contributed by atoms with Gasteiger partial charge in [0.1, 0.15) is 5.82 Å². The molecule has 6 nitrogen and oxygen atoms in total. The minimum atomic E-state index is -0.310. The number of likely N-dealkylation sites (tertiary alicyclic amines) is 1. The SMILES string of the molecule is Cc1ccc(-c2cc(C(=O)N3CCC[C@H](C(=O)NCc4ccc(F)cc4)C3)no2)cc1. The Bertz CT molecular complexity index is 1060. The topological polar surface area (TPSA) is 75.4 Å². The third-order valence-electron chi connectivity index (χ3n) is 5.52. The number of hydrogen-bond acceptors (Lipinski definition) is 4. The van der Waals surface area contributed by atoms with Crippen LogP contribution in [0.3, 0.4) is 0 Å². The van der Waals surface area contributed by atoms with E-state index in [0.717, 1.165) is 23.1 Å². The highest BCUT2D eigenvalue weighted by molar-refractivity contribution is 5.93. The van der Waals surface area contributed by atoms with E-state index >= 15 is 0 Å². The molecule has 1 aromatic heterocycles. The first-order valence-electron chi connectivity index (χ1n) is 10.3. The molecule has 1 atom stereocenters. The van der Waals surface area contributed by atoms with Crippen LogP contribution in [0.4, 0.5) is 4.39 Å². The molecular weight excluding hydrogens is 397 g/mol. The molecular formula is C24H24FN3O3. The van der Waals surface area contributed by atoms with Gasteiger partial charge in [0.15, 0.2) is 11.5 Å². The number of rotatable bonds is 5. The zero-order valence-corrected chi connectivity index (χ0v) is 17.3. The fourth-order valence-electron chi connectivity index (χ4n) is 3.70. The van der Waals surface area contributed by atoms with Gasteiger partial charge in [-0.3, -0.25) is 9.59 Å². The lowest BCUT2D eigenvalue weighted by Gasteiger charge is -2.31. The van der Waals surface area contributed by atoms with E-state index in [9.17, 15) is 14.0 Å². The molecule has 1 fully saturated rings. The average molecular weight is 421 g/mol. The molecule has 1 saturated heterocycles. The fourth-order valence-corrected chi connectivity index (χ4v) is 3.70. The number of carbonyl (C=O) groups excluding carboxylic acids is 2. The molecule has 2 heterocycles. The summed E-state index contributed by atoms with van der Waals surface area (Å²) in [6.07, 6.45) is 1.45. The second kappa shape index (κ2) is 9.12. The van der Waals surface area contributed by atoms with Crippen LogP contribution in [0.15, 0.2) is 59.1 Å². The number of halogens is 1. The van der Waals surface area contributed by atoms with E-state index < -0.39 is 0 Å². The van der Waals surface area contributed by atoms with Crippen LogP contribution in [-0.4, -0.2) is 35.0 Å². The Kier molecular flexibility index (Phi) is 6.11. The molecule has 7 heteroatoms. The van der Waals surface area contributed by atoms with E-state index in [1.165, 1.54) is 12.1 Å². The molecule has 1 aliphatic heterocycles. The second-order valence-electron chi connectivity index (χ2n) is 7.88. The smallest absolute Gasteiger partial charge is 0.276 e. The van der Waals surface area contributed by atoms with Crippen LogP contribution in [0.1, 0.15) is 34.5 Å². The summed E-state index contributed by atoms with van der Waals surface area (Å²) < 4.78 is 18.4. The molecule has 0 unspecified atom stereocenters. The number of aromatic nitrogens is 1. The number of aryl methyl sites for hydroxylation is 1. The molecule has 2 aromatic carbocycles. The van der Waals surface area contributed by atoms with Gasteiger partial charge < -0.3 is 14.7 Å². The maximum atomic E-state index is 13.0. The quantitative estimate of drug-likeness (QED) is 0.677. The van der Waals surface area contributed by atoms with Crippen molar-refractivity contribution in [1.82, 2.24) is 15.4 Å². The standard InChI is InChI=1S/C24H24FN3O3/c1-16-4-8-18(9-5-16)22-13-21(27-31-22)24(30)28-12-2-3-19(15-28)23(29)26-14-17-6-10-20(25)11-7-17/h4-11,13,19H,2-3,12,14-15H2,1H3,(H,26,29)/t19-/m0/s1. The predicted molar refractivity (Wildman–Crippen MR) is 114 cm³/mol. The van der Waals surface area contributed by atoms with Gasteiger partial charge in [-0.15, -0.1) is 0 Å². The first-order valence-corrected chi connectivity index (χ1v) is 10.3. The molecule has 0 bridgehead atoms. The fraction of sp³-hybridized carbons (Fsp3) is 0.292. The van der Waals surface area contributed by atoms with E-state index in [4.69, 9.17) is 4.52 Å². The molecule has 4 rings (SSSR count). The van der Waals surface area contributed by atoms with Crippen molar-refractivity contribution in [2.75, 3.05) is 13.1 Å². The van der Waals surface area contributed by atoms with Gasteiger partial charge in [0, 0.05) is 31.3 Å². The molecule has 0 radical (unpaired) electrons. The molecule has 31 heavy (non-hydrogen) atoms. The van der Waals surface area contributed by atoms with Gasteiger partial charge in [0.25, 0.3) is 5.91 Å². The Morgan fingerprint density at radius 3 is 2.65 bits per heavy atom. The van der Waals surface area contributed by atoms with E-state index in [2.05, 4.69) is 10.5 Å². The number of benzene rings is 2. The monoisotopic (exact) mass is 421 g/mol. The van der Waals surface area contributed by atoms with E-state index in [1.807, 2.05) is 31.2 Å². The van der Waals surface area contributed by atoms with Gasteiger partial charge in [-0.05, 0) is 37.5 Å². The number of amides is 2. The van der Waals surface area contributed by atoms with Crippen molar-refractivity contribution in [3.8, 4) is 11.3 Å². The lowest BCUT2D eigenvalue weighted by Crippen LogP contribution is -2.45. The lowest BCUT2D eigenvalue weighted by molar-refractivity contribution is -0.126. The van der Waals surface area contributed by atoms with Crippen molar-refractivity contribution >= 4 is 11.8 Å². The Hall–Kier alpha value is -3.48. The summed E-state index contributed by atoms with van der Waals surface area (Å²) in [5.74, 6) is -0.411. The van der Waals surface area contributed by atoms with E-state index in [-0.39, 0.29) is 29.2 Å². The molecule has 3 aromatic rings. The summed E-state index contributed by atoms with van der Waals surface area (Å²) in [6, 6.07) is 15.4. The van der Waals surface area contributed by atoms with Crippen molar-refractivity contribution < 1.29 is 18.5 Å². The van der Waals surface area contributed by atoms with Gasteiger partial charge in [0.05, 0.1) is 5.92 Å². The molecule has 1 aliphatic rings. The minimum absolute atomic E-state index is 0.109. The van der Waals surface area contributed by atoms with Crippen LogP contribution in [0.5, 0.6) is 0 Å². The molecule has 0 spiro atoms. The minimum Gasteiger partial charge on any atom is -0.355 e. The number of carbonyl (C=O) groups is 2. The maximum absolute atomic E-state index is 13.0. The van der Waals surface area contributed by atoms with Crippen LogP contribution in [-0.2, 0) is 11.3 Å². The summed E-state index contributed by atoms with van der Waals surface area (Å²) in [5.41, 5.74) is 3.05. The zero-order chi connectivity index (χ0) is 21.8. The maximum Gasteiger partial charge on any atom is 0.276 e. The Morgan fingerprint density at radius 1 is 1.16 bits per heavy atom. The number of nitrogens with zero attached hydrogens (tertiary/aromatic N) is 2. The number of nitrogens with one attached hydrogen (secondary N) is 1. The van der Waals surface area contributed by atoms with Gasteiger partial charge >= 0.3 is 0 Å². The van der Waals surface area contributed by atoms with Crippen molar-refractivity contribution in [2.45, 2.75) is 26.3 Å². The molecule has 1 N–H and O–H groups in total. The third-order valence-corrected chi connectivity index (χ3v) is 5.52. The van der Waals surface area contributed by atoms with Gasteiger partial charge in [-0.1, -0.05) is 47.1 Å². The lowest BCUT2D eigenvalue weighted by atomic mass is 9.96. The summed E-state index contributed by atoms with van der Waals surface area (Å²) in [7, 11) is 0. The first kappa shape index (κ1) is 20.8. The highest BCUT2D eigenvalue weighted by Gasteiger charge is 2.30. The van der Waals surface area contributed by atoms with Crippen LogP contribution < -0.4 is 5.32 Å². The normalized spacial score (nSPS) is 16.2. The molecule has 160 valence electrons. The van der Waals surface area contributed by atoms with Crippen molar-refractivity contribution in [1.29, 1.82) is 0 Å². The highest BCUT2D eigenvalue weighted by atomic mass is 19.1. The summed E-state index contributed by atoms with van der Waals surface area (Å²) in [4.78, 5) is 27.2. The van der Waals surface area contributed by atoms with Crippen molar-refractivity contribution in [3.63, 3.8) is 0 Å². The Balaban J connectivity index is 1.36. The van der Waals surface area contributed by atoms with Gasteiger partial charge in [0.2, 0.25) is 5.91 Å². The summed E-state index contributed by atoms with van der Waals surface area (Å²) in [5, 5.41) is 6.83. The van der Waals surface area contributed by atoms with E-state index in [0.29, 0.717) is 31.8 Å². The zero-order valence-electron chi connectivity index (χ0n) is 17.3. The largest absolute Gasteiger partial charge is 0.355 e. The average Bonchev–Trinajstić information content (AvgIpc) is 3.29. The Morgan fingerprint density at radius 2 is 1.90 bits per heavy atom. The van der Waals surface area contributed by atoms with Crippen LogP contribution in [0.2, 0.25) is 0 Å². The highest BCUT2D eigenvalue weighted by Crippen LogP contribution is 2.23. The second-order valence-corrected chi connectivity index (χ2v) is 7.88. The van der Waals surface area contributed by atoms with Crippen LogP contribution in [0.25, 0.3) is 11.3 Å². The van der Waals surface area contributed by atoms with Gasteiger partial charge in [-0.25, -0.2) is 4.39 Å². The van der Waals surface area contributed by atoms with Crippen LogP contribution in [0, 0.1) is 18.7 Å². The third kappa shape index (κ3) is 4.99. The summed E-state index contributed by atoms with van der Waals surface area (Å²) in [6.45, 7) is 3.24. The first-order chi connectivity index (χ1) is 15.0. The molecule has 0 aliphatic carbocycles. The van der Waals surface area contributed by atoms with E-state index in [1.54, 1.807) is 23.1 Å². The van der Waals surface area contributed by atoms with Crippen molar-refractivity contribution in [2.24, 2.45) is 5.92 Å². The van der Waals surface area contributed by atoms with Gasteiger partial charge in [-0.2, -0.15) is 0 Å². The number of piperidine rings is 1. The van der Waals surface area contributed by atoms with Crippen molar-refractivity contribution in [3.05, 3.63) is 77.2 Å².